The molecule has 0 aliphatic carbocycles. The Morgan fingerprint density at radius 2 is 1.71 bits per heavy atom. The van der Waals surface area contributed by atoms with E-state index in [-0.39, 0.29) is 0 Å². The SMILES string of the molecule is CC.CCNCc1ccc(C)c(C)c1. The van der Waals surface area contributed by atoms with Gasteiger partial charge in [0.2, 0.25) is 0 Å². The molecule has 1 aromatic carbocycles. The molecule has 0 aliphatic heterocycles. The fourth-order valence-electron chi connectivity index (χ4n) is 1.18. The molecule has 0 bridgehead atoms. The van der Waals surface area contributed by atoms with Crippen molar-refractivity contribution in [3.63, 3.8) is 0 Å². The molecular formula is C13H23N. The molecule has 0 aromatic heterocycles. The molecule has 0 amide bonds. The Balaban J connectivity index is 0.000000791. The zero-order valence-electron chi connectivity index (χ0n) is 10.1. The van der Waals surface area contributed by atoms with Crippen molar-refractivity contribution in [3.8, 4) is 0 Å². The van der Waals surface area contributed by atoms with E-state index < -0.39 is 0 Å². The highest BCUT2D eigenvalue weighted by Gasteiger charge is 1.94. The lowest BCUT2D eigenvalue weighted by molar-refractivity contribution is 0.726. The van der Waals surface area contributed by atoms with Gasteiger partial charge in [-0.15, -0.1) is 0 Å². The van der Waals surface area contributed by atoms with E-state index in [2.05, 4.69) is 44.3 Å². The highest BCUT2D eigenvalue weighted by molar-refractivity contribution is 5.29. The van der Waals surface area contributed by atoms with E-state index in [1.165, 1.54) is 16.7 Å². The molecule has 0 spiro atoms. The van der Waals surface area contributed by atoms with Crippen LogP contribution in [0.15, 0.2) is 18.2 Å². The van der Waals surface area contributed by atoms with E-state index in [0.717, 1.165) is 13.1 Å². The van der Waals surface area contributed by atoms with Crippen LogP contribution in [-0.2, 0) is 6.54 Å². The fraction of sp³-hybridized carbons (Fsp3) is 0.538. The van der Waals surface area contributed by atoms with Crippen molar-refractivity contribution < 1.29 is 0 Å². The molecule has 1 N–H and O–H groups in total. The molecule has 1 rings (SSSR count). The van der Waals surface area contributed by atoms with Crippen LogP contribution in [0.25, 0.3) is 0 Å². The van der Waals surface area contributed by atoms with Crippen LogP contribution in [0.2, 0.25) is 0 Å². The van der Waals surface area contributed by atoms with Gasteiger partial charge in [0.05, 0.1) is 0 Å². The lowest BCUT2D eigenvalue weighted by Crippen LogP contribution is -2.11. The third-order valence-electron chi connectivity index (χ3n) is 2.15. The van der Waals surface area contributed by atoms with Gasteiger partial charge < -0.3 is 5.32 Å². The minimum Gasteiger partial charge on any atom is -0.313 e. The van der Waals surface area contributed by atoms with Crippen LogP contribution >= 0.6 is 0 Å². The van der Waals surface area contributed by atoms with Crippen LogP contribution in [0.5, 0.6) is 0 Å². The van der Waals surface area contributed by atoms with Gasteiger partial charge in [0.25, 0.3) is 0 Å². The van der Waals surface area contributed by atoms with Crippen LogP contribution in [-0.4, -0.2) is 6.54 Å². The second kappa shape index (κ2) is 7.57. The average Bonchev–Trinajstić information content (AvgIpc) is 2.23. The first kappa shape index (κ1) is 13.2. The Kier molecular flexibility index (Phi) is 7.13. The number of hydrogen-bond acceptors (Lipinski definition) is 1. The van der Waals surface area contributed by atoms with E-state index in [1.54, 1.807) is 0 Å². The van der Waals surface area contributed by atoms with E-state index in [9.17, 15) is 0 Å². The molecule has 0 atom stereocenters. The third-order valence-corrected chi connectivity index (χ3v) is 2.15. The number of benzene rings is 1. The normalized spacial score (nSPS) is 9.21. The molecule has 0 fully saturated rings. The van der Waals surface area contributed by atoms with E-state index in [4.69, 9.17) is 0 Å². The van der Waals surface area contributed by atoms with Crippen molar-refractivity contribution in [1.82, 2.24) is 5.32 Å². The lowest BCUT2D eigenvalue weighted by atomic mass is 10.1. The number of rotatable bonds is 3. The Hall–Kier alpha value is -0.820. The summed E-state index contributed by atoms with van der Waals surface area (Å²) >= 11 is 0. The van der Waals surface area contributed by atoms with Crippen LogP contribution < -0.4 is 5.32 Å². The van der Waals surface area contributed by atoms with Gasteiger partial charge in [-0.3, -0.25) is 0 Å². The molecular weight excluding hydrogens is 170 g/mol. The first-order valence-corrected chi connectivity index (χ1v) is 5.51. The minimum absolute atomic E-state index is 0.984. The van der Waals surface area contributed by atoms with E-state index >= 15 is 0 Å². The Morgan fingerprint density at radius 3 is 2.21 bits per heavy atom. The first-order valence-electron chi connectivity index (χ1n) is 5.51. The number of nitrogens with one attached hydrogen (secondary N) is 1. The quantitative estimate of drug-likeness (QED) is 0.775. The Labute approximate surface area is 88.5 Å². The second-order valence-electron chi connectivity index (χ2n) is 3.20. The van der Waals surface area contributed by atoms with Gasteiger partial charge in [-0.25, -0.2) is 0 Å². The summed E-state index contributed by atoms with van der Waals surface area (Å²) in [7, 11) is 0. The van der Waals surface area contributed by atoms with Gasteiger partial charge in [-0.1, -0.05) is 39.0 Å². The summed E-state index contributed by atoms with van der Waals surface area (Å²) in [6, 6.07) is 6.62. The zero-order valence-corrected chi connectivity index (χ0v) is 10.1. The molecule has 0 radical (unpaired) electrons. The van der Waals surface area contributed by atoms with Crippen LogP contribution in [0, 0.1) is 13.8 Å². The van der Waals surface area contributed by atoms with Gasteiger partial charge in [-0.2, -0.15) is 0 Å². The second-order valence-corrected chi connectivity index (χ2v) is 3.20. The lowest BCUT2D eigenvalue weighted by Gasteiger charge is -2.05. The standard InChI is InChI=1S/C11H17N.C2H6/c1-4-12-8-11-6-5-9(2)10(3)7-11;1-2/h5-7,12H,4,8H2,1-3H3;1-2H3. The van der Waals surface area contributed by atoms with Crippen molar-refractivity contribution in [2.45, 2.75) is 41.2 Å². The van der Waals surface area contributed by atoms with Crippen molar-refractivity contribution >= 4 is 0 Å². The molecule has 0 saturated heterocycles. The van der Waals surface area contributed by atoms with Crippen molar-refractivity contribution in [3.05, 3.63) is 34.9 Å². The van der Waals surface area contributed by atoms with Gasteiger partial charge >= 0.3 is 0 Å². The molecule has 0 saturated carbocycles. The van der Waals surface area contributed by atoms with Gasteiger partial charge in [0.15, 0.2) is 0 Å². The molecule has 0 aliphatic rings. The third kappa shape index (κ3) is 4.43. The maximum Gasteiger partial charge on any atom is 0.0205 e. The molecule has 14 heavy (non-hydrogen) atoms. The molecule has 1 heteroatoms. The summed E-state index contributed by atoms with van der Waals surface area (Å²) in [4.78, 5) is 0. The molecule has 0 heterocycles. The highest BCUT2D eigenvalue weighted by atomic mass is 14.8. The summed E-state index contributed by atoms with van der Waals surface area (Å²) in [6.07, 6.45) is 0. The average molecular weight is 193 g/mol. The van der Waals surface area contributed by atoms with Crippen molar-refractivity contribution in [1.29, 1.82) is 0 Å². The number of hydrogen-bond donors (Lipinski definition) is 1. The zero-order chi connectivity index (χ0) is 11.0. The summed E-state index contributed by atoms with van der Waals surface area (Å²) in [6.45, 7) is 12.4. The van der Waals surface area contributed by atoms with E-state index in [1.807, 2.05) is 13.8 Å². The molecule has 1 nitrogen and oxygen atoms in total. The summed E-state index contributed by atoms with van der Waals surface area (Å²) < 4.78 is 0. The van der Waals surface area contributed by atoms with Gasteiger partial charge in [-0.05, 0) is 37.1 Å². The monoisotopic (exact) mass is 193 g/mol. The first-order chi connectivity index (χ1) is 6.74. The Bertz CT molecular complexity index is 253. The minimum atomic E-state index is 0.984. The Morgan fingerprint density at radius 1 is 1.07 bits per heavy atom. The molecule has 0 unspecified atom stereocenters. The summed E-state index contributed by atoms with van der Waals surface area (Å²) in [5.74, 6) is 0. The van der Waals surface area contributed by atoms with Crippen LogP contribution in [0.4, 0.5) is 0 Å². The predicted molar refractivity (Wildman–Crippen MR) is 64.6 cm³/mol. The molecule has 80 valence electrons. The predicted octanol–water partition coefficient (Wildman–Crippen LogP) is 3.44. The van der Waals surface area contributed by atoms with Crippen molar-refractivity contribution in [2.24, 2.45) is 0 Å². The van der Waals surface area contributed by atoms with Crippen LogP contribution in [0.3, 0.4) is 0 Å². The molecule has 1 aromatic rings. The van der Waals surface area contributed by atoms with E-state index in [0.29, 0.717) is 0 Å². The van der Waals surface area contributed by atoms with Gasteiger partial charge in [0, 0.05) is 6.54 Å². The fourth-order valence-corrected chi connectivity index (χ4v) is 1.18. The van der Waals surface area contributed by atoms with Crippen LogP contribution in [0.1, 0.15) is 37.5 Å². The maximum absolute atomic E-state index is 3.31. The van der Waals surface area contributed by atoms with Gasteiger partial charge in [0.1, 0.15) is 0 Å². The van der Waals surface area contributed by atoms with Crippen molar-refractivity contribution in [2.75, 3.05) is 6.54 Å². The topological polar surface area (TPSA) is 12.0 Å². The maximum atomic E-state index is 3.31. The summed E-state index contributed by atoms with van der Waals surface area (Å²) in [5, 5.41) is 3.31. The highest BCUT2D eigenvalue weighted by Crippen LogP contribution is 2.09. The largest absolute Gasteiger partial charge is 0.313 e. The number of aryl methyl sites for hydroxylation is 2. The smallest absolute Gasteiger partial charge is 0.0205 e. The summed E-state index contributed by atoms with van der Waals surface area (Å²) in [5.41, 5.74) is 4.13.